The lowest BCUT2D eigenvalue weighted by atomic mass is 10.1. The normalized spacial score (nSPS) is 11.0. The summed E-state index contributed by atoms with van der Waals surface area (Å²) in [5.41, 5.74) is 0. The van der Waals surface area contributed by atoms with Crippen molar-refractivity contribution in [3.8, 4) is 11.8 Å². The number of carboxylic acid groups (broad SMARTS) is 1. The van der Waals surface area contributed by atoms with Crippen molar-refractivity contribution in [1.82, 2.24) is 0 Å². The molecule has 0 atom stereocenters. The molecule has 1 N–H and O–H groups in total. The molecule has 0 radical (unpaired) electrons. The summed E-state index contributed by atoms with van der Waals surface area (Å²) in [6, 6.07) is 0. The molecular formula is C30H54O2. The second-order valence-electron chi connectivity index (χ2n) is 9.41. The van der Waals surface area contributed by atoms with Gasteiger partial charge in [0.1, 0.15) is 0 Å². The molecular weight excluding hydrogens is 392 g/mol. The minimum atomic E-state index is -0.661. The van der Waals surface area contributed by atoms with E-state index in [1.807, 2.05) is 0 Å². The fourth-order valence-electron chi connectivity index (χ4n) is 4.04. The summed E-state index contributed by atoms with van der Waals surface area (Å²) >= 11 is 0. The molecule has 2 heteroatoms. The van der Waals surface area contributed by atoms with Gasteiger partial charge in [0, 0.05) is 19.3 Å². The lowest BCUT2D eigenvalue weighted by molar-refractivity contribution is -0.137. The molecule has 0 unspecified atom stereocenters. The van der Waals surface area contributed by atoms with Crippen LogP contribution in [0.25, 0.3) is 0 Å². The summed E-state index contributed by atoms with van der Waals surface area (Å²) in [5, 5.41) is 8.60. The van der Waals surface area contributed by atoms with Crippen molar-refractivity contribution in [2.24, 2.45) is 0 Å². The molecule has 0 aromatic heterocycles. The quantitative estimate of drug-likeness (QED) is 0.0909. The Morgan fingerprint density at radius 2 is 1.00 bits per heavy atom. The molecule has 0 spiro atoms. The zero-order chi connectivity index (χ0) is 23.4. The third kappa shape index (κ3) is 28.8. The topological polar surface area (TPSA) is 37.3 Å². The summed E-state index contributed by atoms with van der Waals surface area (Å²) in [6.45, 7) is 2.28. The first-order valence-corrected chi connectivity index (χ1v) is 14.1. The van der Waals surface area contributed by atoms with Gasteiger partial charge in [0.25, 0.3) is 0 Å². The average Bonchev–Trinajstić information content (AvgIpc) is 2.78. The van der Waals surface area contributed by atoms with Crippen molar-refractivity contribution in [3.63, 3.8) is 0 Å². The van der Waals surface area contributed by atoms with E-state index < -0.39 is 5.97 Å². The van der Waals surface area contributed by atoms with Crippen molar-refractivity contribution in [1.29, 1.82) is 0 Å². The molecule has 2 nitrogen and oxygen atoms in total. The summed E-state index contributed by atoms with van der Waals surface area (Å²) in [7, 11) is 0. The first kappa shape index (κ1) is 30.8. The zero-order valence-corrected chi connectivity index (χ0v) is 21.5. The number of aliphatic carboxylic acids is 1. The van der Waals surface area contributed by atoms with E-state index >= 15 is 0 Å². The molecule has 0 fully saturated rings. The second kappa shape index (κ2) is 27.8. The fraction of sp³-hybridized carbons (Fsp3) is 0.833. The van der Waals surface area contributed by atoms with Crippen molar-refractivity contribution in [3.05, 3.63) is 12.2 Å². The van der Waals surface area contributed by atoms with Crippen LogP contribution in [0.2, 0.25) is 0 Å². The number of carbonyl (C=O) groups is 1. The van der Waals surface area contributed by atoms with E-state index in [0.717, 1.165) is 32.1 Å². The van der Waals surface area contributed by atoms with Gasteiger partial charge in [-0.05, 0) is 32.1 Å². The van der Waals surface area contributed by atoms with Crippen LogP contribution in [0, 0.1) is 11.8 Å². The molecule has 0 bridgehead atoms. The maximum atomic E-state index is 10.4. The predicted molar refractivity (Wildman–Crippen MR) is 141 cm³/mol. The molecule has 0 heterocycles. The molecule has 0 saturated carbocycles. The van der Waals surface area contributed by atoms with Gasteiger partial charge in [-0.1, -0.05) is 122 Å². The van der Waals surface area contributed by atoms with Crippen LogP contribution < -0.4 is 0 Å². The SMILES string of the molecule is CCCCCCCCCCCCC#CCC/C=C\CCCCCCCCCCCC(=O)O. The van der Waals surface area contributed by atoms with E-state index in [2.05, 4.69) is 30.9 Å². The Labute approximate surface area is 201 Å². The van der Waals surface area contributed by atoms with Gasteiger partial charge in [-0.15, -0.1) is 11.8 Å². The number of rotatable bonds is 24. The minimum Gasteiger partial charge on any atom is -0.481 e. The van der Waals surface area contributed by atoms with Crippen LogP contribution in [0.4, 0.5) is 0 Å². The standard InChI is InChI=1S/C30H54O2/c1-2-3-4-5-6-7-8-9-10-11-12-13-14-15-16-17-18-19-20-21-22-23-24-25-26-27-28-29-30(31)32/h17-18H,2-12,15-16,19-29H2,1H3,(H,31,32)/b18-17-. The van der Waals surface area contributed by atoms with Crippen LogP contribution in [0.1, 0.15) is 161 Å². The third-order valence-electron chi connectivity index (χ3n) is 6.14. The highest BCUT2D eigenvalue weighted by Gasteiger charge is 1.96. The molecule has 0 aromatic carbocycles. The maximum Gasteiger partial charge on any atom is 0.303 e. The van der Waals surface area contributed by atoms with Gasteiger partial charge < -0.3 is 5.11 Å². The first-order chi connectivity index (χ1) is 15.8. The zero-order valence-electron chi connectivity index (χ0n) is 21.5. The highest BCUT2D eigenvalue weighted by atomic mass is 16.4. The number of hydrogen-bond acceptors (Lipinski definition) is 1. The Kier molecular flexibility index (Phi) is 26.7. The number of hydrogen-bond donors (Lipinski definition) is 1. The minimum absolute atomic E-state index is 0.333. The van der Waals surface area contributed by atoms with Crippen molar-refractivity contribution < 1.29 is 9.90 Å². The van der Waals surface area contributed by atoms with Crippen LogP contribution in [0.5, 0.6) is 0 Å². The van der Waals surface area contributed by atoms with Crippen molar-refractivity contribution in [2.45, 2.75) is 161 Å². The molecule has 0 saturated heterocycles. The third-order valence-corrected chi connectivity index (χ3v) is 6.14. The lowest BCUT2D eigenvalue weighted by Crippen LogP contribution is -1.93. The van der Waals surface area contributed by atoms with Gasteiger partial charge in [-0.3, -0.25) is 4.79 Å². The molecule has 32 heavy (non-hydrogen) atoms. The monoisotopic (exact) mass is 446 g/mol. The second-order valence-corrected chi connectivity index (χ2v) is 9.41. The molecule has 0 amide bonds. The van der Waals surface area contributed by atoms with Gasteiger partial charge in [0.15, 0.2) is 0 Å². The van der Waals surface area contributed by atoms with Gasteiger partial charge in [0.2, 0.25) is 0 Å². The van der Waals surface area contributed by atoms with Crippen LogP contribution in [-0.4, -0.2) is 11.1 Å². The molecule has 0 aliphatic carbocycles. The van der Waals surface area contributed by atoms with E-state index in [4.69, 9.17) is 5.11 Å². The number of carboxylic acids is 1. The summed E-state index contributed by atoms with van der Waals surface area (Å²) in [6.07, 6.45) is 34.3. The van der Waals surface area contributed by atoms with Crippen LogP contribution in [0.3, 0.4) is 0 Å². The number of allylic oxidation sites excluding steroid dienone is 2. The first-order valence-electron chi connectivity index (χ1n) is 14.1. The summed E-state index contributed by atoms with van der Waals surface area (Å²) in [4.78, 5) is 10.4. The van der Waals surface area contributed by atoms with Crippen LogP contribution >= 0.6 is 0 Å². The van der Waals surface area contributed by atoms with E-state index in [1.165, 1.54) is 116 Å². The number of unbranched alkanes of at least 4 members (excludes halogenated alkanes) is 20. The summed E-state index contributed by atoms with van der Waals surface area (Å²) in [5.74, 6) is 6.03. The Bertz CT molecular complexity index is 469. The highest BCUT2D eigenvalue weighted by molar-refractivity contribution is 5.66. The predicted octanol–water partition coefficient (Wildman–Crippen LogP) is 10.0. The van der Waals surface area contributed by atoms with E-state index in [1.54, 1.807) is 0 Å². The van der Waals surface area contributed by atoms with Crippen molar-refractivity contribution in [2.75, 3.05) is 0 Å². The Morgan fingerprint density at radius 1 is 0.562 bits per heavy atom. The molecule has 0 aliphatic rings. The smallest absolute Gasteiger partial charge is 0.303 e. The largest absolute Gasteiger partial charge is 0.481 e. The van der Waals surface area contributed by atoms with E-state index in [0.29, 0.717) is 6.42 Å². The maximum absolute atomic E-state index is 10.4. The average molecular weight is 447 g/mol. The fourth-order valence-corrected chi connectivity index (χ4v) is 4.04. The van der Waals surface area contributed by atoms with Gasteiger partial charge in [-0.2, -0.15) is 0 Å². The van der Waals surface area contributed by atoms with E-state index in [9.17, 15) is 4.79 Å². The molecule has 186 valence electrons. The van der Waals surface area contributed by atoms with Gasteiger partial charge >= 0.3 is 5.97 Å². The Balaban J connectivity index is 3.19. The lowest BCUT2D eigenvalue weighted by Gasteiger charge is -2.01. The highest BCUT2D eigenvalue weighted by Crippen LogP contribution is 2.12. The van der Waals surface area contributed by atoms with Crippen LogP contribution in [-0.2, 0) is 4.79 Å². The molecule has 0 aliphatic heterocycles. The molecule has 0 rings (SSSR count). The van der Waals surface area contributed by atoms with Crippen LogP contribution in [0.15, 0.2) is 12.2 Å². The van der Waals surface area contributed by atoms with E-state index in [-0.39, 0.29) is 0 Å². The Hall–Kier alpha value is -1.23. The van der Waals surface area contributed by atoms with Gasteiger partial charge in [0.05, 0.1) is 0 Å². The molecule has 0 aromatic rings. The summed E-state index contributed by atoms with van der Waals surface area (Å²) < 4.78 is 0. The Morgan fingerprint density at radius 3 is 1.56 bits per heavy atom. The van der Waals surface area contributed by atoms with Crippen molar-refractivity contribution >= 4 is 5.97 Å². The van der Waals surface area contributed by atoms with Gasteiger partial charge in [-0.25, -0.2) is 0 Å².